The van der Waals surface area contributed by atoms with Crippen LogP contribution in [0, 0.1) is 6.92 Å². The van der Waals surface area contributed by atoms with Crippen LogP contribution in [0.1, 0.15) is 24.6 Å². The Bertz CT molecular complexity index is 1110. The molecular formula is C22H21N3O. The van der Waals surface area contributed by atoms with Crippen molar-refractivity contribution in [3.8, 4) is 22.4 Å². The summed E-state index contributed by atoms with van der Waals surface area (Å²) in [6.45, 7) is 4.18. The average molecular weight is 343 g/mol. The van der Waals surface area contributed by atoms with Crippen molar-refractivity contribution >= 4 is 5.65 Å². The van der Waals surface area contributed by atoms with E-state index < -0.39 is 0 Å². The van der Waals surface area contributed by atoms with Gasteiger partial charge < -0.3 is 0 Å². The molecule has 26 heavy (non-hydrogen) atoms. The van der Waals surface area contributed by atoms with Crippen molar-refractivity contribution in [3.05, 3.63) is 82.3 Å². The Hall–Kier alpha value is -3.14. The largest absolute Gasteiger partial charge is 0.293 e. The van der Waals surface area contributed by atoms with E-state index in [2.05, 4.69) is 24.2 Å². The molecule has 0 atom stereocenters. The fourth-order valence-corrected chi connectivity index (χ4v) is 3.30. The van der Waals surface area contributed by atoms with Crippen LogP contribution in [-0.4, -0.2) is 14.6 Å². The normalized spacial score (nSPS) is 11.2. The highest BCUT2D eigenvalue weighted by molar-refractivity contribution is 5.81. The summed E-state index contributed by atoms with van der Waals surface area (Å²) in [7, 11) is 0. The van der Waals surface area contributed by atoms with Crippen molar-refractivity contribution < 1.29 is 0 Å². The number of benzene rings is 2. The molecule has 0 radical (unpaired) electrons. The summed E-state index contributed by atoms with van der Waals surface area (Å²) in [5.41, 5.74) is 6.56. The molecule has 2 aromatic heterocycles. The summed E-state index contributed by atoms with van der Waals surface area (Å²) in [5, 5.41) is 3.26. The summed E-state index contributed by atoms with van der Waals surface area (Å²) in [6.07, 6.45) is 1.86. The number of hydrogen-bond acceptors (Lipinski definition) is 2. The standard InChI is InChI=1S/C22H21N3O/c1-3-7-18-21(17-8-5-4-6-9-17)22-23-19(14-20(26)25(22)24-18)16-12-10-15(2)11-13-16/h4-6,8-14,24H,3,7H2,1-2H3. The van der Waals surface area contributed by atoms with Crippen LogP contribution in [0.4, 0.5) is 0 Å². The molecule has 0 saturated heterocycles. The van der Waals surface area contributed by atoms with Gasteiger partial charge in [0.2, 0.25) is 0 Å². The van der Waals surface area contributed by atoms with Gasteiger partial charge in [0.05, 0.1) is 5.69 Å². The molecule has 4 heteroatoms. The molecule has 2 aromatic carbocycles. The molecule has 1 N–H and O–H groups in total. The molecule has 0 bridgehead atoms. The van der Waals surface area contributed by atoms with Crippen molar-refractivity contribution in [2.45, 2.75) is 26.7 Å². The minimum Gasteiger partial charge on any atom is -0.293 e. The minimum absolute atomic E-state index is 0.0925. The highest BCUT2D eigenvalue weighted by atomic mass is 16.1. The zero-order chi connectivity index (χ0) is 18.1. The number of fused-ring (bicyclic) bond motifs is 1. The van der Waals surface area contributed by atoms with Crippen LogP contribution in [0.5, 0.6) is 0 Å². The average Bonchev–Trinajstić information content (AvgIpc) is 3.02. The molecule has 2 heterocycles. The smallest absolute Gasteiger partial charge is 0.273 e. The van der Waals surface area contributed by atoms with Gasteiger partial charge in [-0.15, -0.1) is 0 Å². The SMILES string of the molecule is CCCc1[nH]n2c(=O)cc(-c3ccc(C)cc3)nc2c1-c1ccccc1. The van der Waals surface area contributed by atoms with Crippen LogP contribution < -0.4 is 5.56 Å². The Morgan fingerprint density at radius 2 is 1.73 bits per heavy atom. The van der Waals surface area contributed by atoms with Crippen LogP contribution in [0.3, 0.4) is 0 Å². The number of nitrogens with one attached hydrogen (secondary N) is 1. The van der Waals surface area contributed by atoms with Crippen LogP contribution in [0.2, 0.25) is 0 Å². The van der Waals surface area contributed by atoms with E-state index in [1.165, 1.54) is 5.56 Å². The van der Waals surface area contributed by atoms with Crippen LogP contribution in [-0.2, 0) is 6.42 Å². The van der Waals surface area contributed by atoms with Crippen molar-refractivity contribution in [3.63, 3.8) is 0 Å². The third-order valence-corrected chi connectivity index (χ3v) is 4.60. The van der Waals surface area contributed by atoms with E-state index in [0.717, 1.165) is 35.2 Å². The van der Waals surface area contributed by atoms with E-state index in [0.29, 0.717) is 11.3 Å². The van der Waals surface area contributed by atoms with E-state index in [9.17, 15) is 4.79 Å². The van der Waals surface area contributed by atoms with Gasteiger partial charge in [0.15, 0.2) is 5.65 Å². The maximum atomic E-state index is 12.7. The molecule has 0 aliphatic heterocycles. The number of aryl methyl sites for hydroxylation is 2. The Morgan fingerprint density at radius 1 is 1.00 bits per heavy atom. The number of aromatic nitrogens is 3. The summed E-state index contributed by atoms with van der Waals surface area (Å²) >= 11 is 0. The zero-order valence-corrected chi connectivity index (χ0v) is 15.0. The highest BCUT2D eigenvalue weighted by Gasteiger charge is 2.17. The van der Waals surface area contributed by atoms with Crippen molar-refractivity contribution in [1.29, 1.82) is 0 Å². The van der Waals surface area contributed by atoms with E-state index >= 15 is 0 Å². The van der Waals surface area contributed by atoms with Crippen molar-refractivity contribution in [2.24, 2.45) is 0 Å². The molecule has 0 aliphatic rings. The van der Waals surface area contributed by atoms with Crippen LogP contribution >= 0.6 is 0 Å². The lowest BCUT2D eigenvalue weighted by molar-refractivity contribution is 0.819. The molecule has 0 amide bonds. The highest BCUT2D eigenvalue weighted by Crippen LogP contribution is 2.29. The van der Waals surface area contributed by atoms with Gasteiger partial charge in [0.25, 0.3) is 5.56 Å². The van der Waals surface area contributed by atoms with E-state index in [4.69, 9.17) is 4.98 Å². The molecule has 0 aliphatic carbocycles. The quantitative estimate of drug-likeness (QED) is 0.588. The van der Waals surface area contributed by atoms with E-state index in [1.54, 1.807) is 10.6 Å². The summed E-state index contributed by atoms with van der Waals surface area (Å²) in [5.74, 6) is 0. The van der Waals surface area contributed by atoms with Crippen LogP contribution in [0.25, 0.3) is 28.0 Å². The maximum Gasteiger partial charge on any atom is 0.273 e. The zero-order valence-electron chi connectivity index (χ0n) is 15.0. The van der Waals surface area contributed by atoms with Gasteiger partial charge >= 0.3 is 0 Å². The molecule has 0 spiro atoms. The van der Waals surface area contributed by atoms with Gasteiger partial charge in [-0.25, -0.2) is 9.50 Å². The third kappa shape index (κ3) is 2.84. The molecule has 4 rings (SSSR count). The first kappa shape index (κ1) is 16.3. The fourth-order valence-electron chi connectivity index (χ4n) is 3.30. The van der Waals surface area contributed by atoms with Crippen LogP contribution in [0.15, 0.2) is 65.5 Å². The molecule has 4 aromatic rings. The second-order valence-corrected chi connectivity index (χ2v) is 6.59. The number of hydrogen-bond donors (Lipinski definition) is 1. The fraction of sp³-hybridized carbons (Fsp3) is 0.182. The summed E-state index contributed by atoms with van der Waals surface area (Å²) in [6, 6.07) is 19.8. The van der Waals surface area contributed by atoms with Gasteiger partial charge in [0, 0.05) is 22.9 Å². The number of rotatable bonds is 4. The number of nitrogens with zero attached hydrogens (tertiary/aromatic N) is 2. The van der Waals surface area contributed by atoms with E-state index in [-0.39, 0.29) is 5.56 Å². The van der Waals surface area contributed by atoms with Gasteiger partial charge in [-0.3, -0.25) is 9.89 Å². The lowest BCUT2D eigenvalue weighted by atomic mass is 10.0. The molecule has 0 fully saturated rings. The predicted molar refractivity (Wildman–Crippen MR) is 105 cm³/mol. The molecule has 0 unspecified atom stereocenters. The Morgan fingerprint density at radius 3 is 2.42 bits per heavy atom. The second-order valence-electron chi connectivity index (χ2n) is 6.59. The first-order valence-electron chi connectivity index (χ1n) is 8.94. The molecule has 4 nitrogen and oxygen atoms in total. The Balaban J connectivity index is 2.00. The molecule has 130 valence electrons. The first-order chi connectivity index (χ1) is 12.7. The first-order valence-corrected chi connectivity index (χ1v) is 8.94. The minimum atomic E-state index is -0.0925. The third-order valence-electron chi connectivity index (χ3n) is 4.60. The maximum absolute atomic E-state index is 12.7. The van der Waals surface area contributed by atoms with Gasteiger partial charge in [0.1, 0.15) is 0 Å². The van der Waals surface area contributed by atoms with Gasteiger partial charge in [-0.1, -0.05) is 73.5 Å². The predicted octanol–water partition coefficient (Wildman–Crippen LogP) is 4.62. The topological polar surface area (TPSA) is 50.2 Å². The van der Waals surface area contributed by atoms with Crippen molar-refractivity contribution in [1.82, 2.24) is 14.6 Å². The second kappa shape index (κ2) is 6.64. The Labute approximate surface area is 152 Å². The van der Waals surface area contributed by atoms with E-state index in [1.807, 2.05) is 49.4 Å². The van der Waals surface area contributed by atoms with Gasteiger partial charge in [-0.05, 0) is 18.9 Å². The number of H-pyrrole nitrogens is 1. The molecule has 0 saturated carbocycles. The summed E-state index contributed by atoms with van der Waals surface area (Å²) in [4.78, 5) is 17.6. The lowest BCUT2D eigenvalue weighted by Gasteiger charge is -2.05. The number of aromatic amines is 1. The monoisotopic (exact) mass is 343 g/mol. The van der Waals surface area contributed by atoms with Gasteiger partial charge in [-0.2, -0.15) is 0 Å². The van der Waals surface area contributed by atoms with Crippen molar-refractivity contribution in [2.75, 3.05) is 0 Å². The lowest BCUT2D eigenvalue weighted by Crippen LogP contribution is -2.14. The molecular weight excluding hydrogens is 322 g/mol. The Kier molecular flexibility index (Phi) is 4.17. The summed E-state index contributed by atoms with van der Waals surface area (Å²) < 4.78 is 1.56.